The Morgan fingerprint density at radius 3 is 2.79 bits per heavy atom. The molecule has 0 bridgehead atoms. The summed E-state index contributed by atoms with van der Waals surface area (Å²) in [5, 5.41) is 10.1. The van der Waals surface area contributed by atoms with E-state index in [1.807, 2.05) is 19.1 Å². The lowest BCUT2D eigenvalue weighted by atomic mass is 9.91. The molecule has 19 heavy (non-hydrogen) atoms. The van der Waals surface area contributed by atoms with Gasteiger partial charge in [-0.25, -0.2) is 0 Å². The normalized spacial score (nSPS) is 28.2. The van der Waals surface area contributed by atoms with Crippen molar-refractivity contribution < 1.29 is 5.11 Å². The van der Waals surface area contributed by atoms with Crippen molar-refractivity contribution in [3.63, 3.8) is 0 Å². The van der Waals surface area contributed by atoms with Gasteiger partial charge in [-0.3, -0.25) is 0 Å². The Kier molecular flexibility index (Phi) is 3.40. The quantitative estimate of drug-likeness (QED) is 0.858. The molecule has 0 spiro atoms. The van der Waals surface area contributed by atoms with Crippen molar-refractivity contribution in [3.05, 3.63) is 23.8 Å². The molecule has 2 fully saturated rings. The van der Waals surface area contributed by atoms with Crippen LogP contribution in [0.5, 0.6) is 5.75 Å². The minimum atomic E-state index is -0.116. The molecule has 3 rings (SSSR count). The van der Waals surface area contributed by atoms with E-state index >= 15 is 0 Å². The fourth-order valence-electron chi connectivity index (χ4n) is 3.87. The molecule has 104 valence electrons. The zero-order valence-corrected chi connectivity index (χ0v) is 11.7. The summed E-state index contributed by atoms with van der Waals surface area (Å²) in [6.07, 6.45) is 6.70. The van der Waals surface area contributed by atoms with Crippen LogP contribution in [-0.2, 0) is 0 Å². The summed E-state index contributed by atoms with van der Waals surface area (Å²) in [7, 11) is 0. The van der Waals surface area contributed by atoms with Crippen LogP contribution < -0.4 is 10.6 Å². The molecule has 3 atom stereocenters. The summed E-state index contributed by atoms with van der Waals surface area (Å²) in [4.78, 5) is 2.51. The molecule has 1 aromatic rings. The van der Waals surface area contributed by atoms with Crippen molar-refractivity contribution in [2.75, 3.05) is 11.4 Å². The number of anilines is 1. The number of nitrogens with two attached hydrogens (primary N) is 1. The van der Waals surface area contributed by atoms with Gasteiger partial charge in [0.25, 0.3) is 0 Å². The second kappa shape index (κ2) is 5.04. The molecule has 0 radical (unpaired) electrons. The van der Waals surface area contributed by atoms with E-state index in [0.29, 0.717) is 11.8 Å². The first-order chi connectivity index (χ1) is 9.16. The topological polar surface area (TPSA) is 49.5 Å². The molecule has 3 nitrogen and oxygen atoms in total. The van der Waals surface area contributed by atoms with Crippen molar-refractivity contribution >= 4 is 5.69 Å². The van der Waals surface area contributed by atoms with Gasteiger partial charge >= 0.3 is 0 Å². The van der Waals surface area contributed by atoms with Gasteiger partial charge in [-0.2, -0.15) is 0 Å². The predicted molar refractivity (Wildman–Crippen MR) is 78.4 cm³/mol. The molecule has 1 heterocycles. The fraction of sp³-hybridized carbons (Fsp3) is 0.625. The number of hydrogen-bond acceptors (Lipinski definition) is 3. The summed E-state index contributed by atoms with van der Waals surface area (Å²) in [5.74, 6) is 1.21. The smallest absolute Gasteiger partial charge is 0.122 e. The maximum atomic E-state index is 10.1. The minimum absolute atomic E-state index is 0.116. The molecule has 3 unspecified atom stereocenters. The summed E-state index contributed by atoms with van der Waals surface area (Å²) < 4.78 is 0. The molecule has 0 amide bonds. The first-order valence-corrected chi connectivity index (χ1v) is 7.52. The summed E-state index contributed by atoms with van der Waals surface area (Å²) >= 11 is 0. The third-order valence-electron chi connectivity index (χ3n) is 4.83. The minimum Gasteiger partial charge on any atom is -0.508 e. The van der Waals surface area contributed by atoms with Crippen LogP contribution in [0.15, 0.2) is 18.2 Å². The second-order valence-electron chi connectivity index (χ2n) is 6.13. The molecule has 3 N–H and O–H groups in total. The molecule has 1 aromatic carbocycles. The van der Waals surface area contributed by atoms with E-state index in [-0.39, 0.29) is 6.04 Å². The number of nitrogens with zero attached hydrogens (tertiary/aromatic N) is 1. The lowest BCUT2D eigenvalue weighted by molar-refractivity contribution is 0.362. The highest BCUT2D eigenvalue weighted by molar-refractivity contribution is 5.55. The van der Waals surface area contributed by atoms with E-state index in [4.69, 9.17) is 5.73 Å². The van der Waals surface area contributed by atoms with E-state index in [0.717, 1.165) is 18.0 Å². The molecule has 1 saturated carbocycles. The molecule has 3 heteroatoms. The lowest BCUT2D eigenvalue weighted by Gasteiger charge is -2.39. The van der Waals surface area contributed by atoms with Crippen LogP contribution in [0.2, 0.25) is 0 Å². The third-order valence-corrected chi connectivity index (χ3v) is 4.83. The molecular formula is C16H24N2O. The molecule has 0 aromatic heterocycles. The van der Waals surface area contributed by atoms with Crippen LogP contribution in [-0.4, -0.2) is 17.7 Å². The molecule has 1 saturated heterocycles. The van der Waals surface area contributed by atoms with Gasteiger partial charge in [0, 0.05) is 35.9 Å². The van der Waals surface area contributed by atoms with Gasteiger partial charge < -0.3 is 15.7 Å². The fourth-order valence-corrected chi connectivity index (χ4v) is 3.87. The summed E-state index contributed by atoms with van der Waals surface area (Å²) in [6, 6.07) is 6.58. The van der Waals surface area contributed by atoms with Crippen LogP contribution >= 0.6 is 0 Å². The lowest BCUT2D eigenvalue weighted by Crippen LogP contribution is -2.42. The molecule has 1 aliphatic carbocycles. The maximum Gasteiger partial charge on any atom is 0.122 e. The Hall–Kier alpha value is -1.22. The predicted octanol–water partition coefficient (Wildman–Crippen LogP) is 3.18. The van der Waals surface area contributed by atoms with Crippen molar-refractivity contribution in [3.8, 4) is 5.75 Å². The van der Waals surface area contributed by atoms with Gasteiger partial charge in [-0.05, 0) is 44.6 Å². The van der Waals surface area contributed by atoms with Crippen molar-refractivity contribution in [1.29, 1.82) is 0 Å². The zero-order chi connectivity index (χ0) is 13.4. The van der Waals surface area contributed by atoms with E-state index in [1.54, 1.807) is 0 Å². The maximum absolute atomic E-state index is 10.1. The van der Waals surface area contributed by atoms with Crippen LogP contribution in [0.4, 0.5) is 5.69 Å². The first-order valence-electron chi connectivity index (χ1n) is 7.52. The second-order valence-corrected chi connectivity index (χ2v) is 6.13. The van der Waals surface area contributed by atoms with Gasteiger partial charge in [-0.15, -0.1) is 0 Å². The largest absolute Gasteiger partial charge is 0.508 e. The highest BCUT2D eigenvalue weighted by Gasteiger charge is 2.35. The monoisotopic (exact) mass is 260 g/mol. The zero-order valence-electron chi connectivity index (χ0n) is 11.7. The Morgan fingerprint density at radius 1 is 1.26 bits per heavy atom. The van der Waals surface area contributed by atoms with Gasteiger partial charge in [-0.1, -0.05) is 12.5 Å². The highest BCUT2D eigenvalue weighted by Crippen LogP contribution is 2.40. The van der Waals surface area contributed by atoms with Gasteiger partial charge in [0.2, 0.25) is 0 Å². The van der Waals surface area contributed by atoms with Gasteiger partial charge in [0.05, 0.1) is 0 Å². The summed E-state index contributed by atoms with van der Waals surface area (Å²) in [6.45, 7) is 3.03. The van der Waals surface area contributed by atoms with E-state index in [9.17, 15) is 5.11 Å². The Bertz CT molecular complexity index is 458. The third kappa shape index (κ3) is 2.32. The Morgan fingerprint density at radius 2 is 2.05 bits per heavy atom. The number of fused-ring (bicyclic) bond motifs is 1. The van der Waals surface area contributed by atoms with Crippen LogP contribution in [0, 0.1) is 5.92 Å². The van der Waals surface area contributed by atoms with Gasteiger partial charge in [0.15, 0.2) is 0 Å². The van der Waals surface area contributed by atoms with E-state index in [2.05, 4.69) is 11.0 Å². The van der Waals surface area contributed by atoms with E-state index < -0.39 is 0 Å². The van der Waals surface area contributed by atoms with Gasteiger partial charge in [0.1, 0.15) is 5.75 Å². The Balaban J connectivity index is 1.87. The molecule has 2 aliphatic rings. The number of benzene rings is 1. The summed E-state index contributed by atoms with van der Waals surface area (Å²) in [5.41, 5.74) is 7.86. The number of phenols is 1. The average Bonchev–Trinajstić information content (AvgIpc) is 2.86. The van der Waals surface area contributed by atoms with Crippen molar-refractivity contribution in [1.82, 2.24) is 0 Å². The van der Waals surface area contributed by atoms with E-state index in [1.165, 1.54) is 37.8 Å². The average molecular weight is 260 g/mol. The number of hydrogen-bond donors (Lipinski definition) is 2. The highest BCUT2D eigenvalue weighted by atomic mass is 16.3. The molecular weight excluding hydrogens is 236 g/mol. The van der Waals surface area contributed by atoms with Crippen LogP contribution in [0.1, 0.15) is 50.6 Å². The van der Waals surface area contributed by atoms with Crippen LogP contribution in [0.3, 0.4) is 0 Å². The first kappa shape index (κ1) is 12.8. The number of phenolic OH excluding ortho intramolecular Hbond substituents is 1. The van der Waals surface area contributed by atoms with Crippen molar-refractivity contribution in [2.24, 2.45) is 11.7 Å². The standard InChI is InChI=1S/C16H24N2O/c1-11(17)14-8-7-13(10-16(14)19)18-9-3-5-12-4-2-6-15(12)18/h7-8,10-12,15,19H,2-6,9,17H2,1H3. The van der Waals surface area contributed by atoms with Crippen LogP contribution in [0.25, 0.3) is 0 Å². The SMILES string of the molecule is CC(N)c1ccc(N2CCCC3CCCC32)cc1O. The molecule has 1 aliphatic heterocycles. The Labute approximate surface area is 115 Å². The van der Waals surface area contributed by atoms with Crippen molar-refractivity contribution in [2.45, 2.75) is 51.1 Å². The number of piperidine rings is 1. The number of aromatic hydroxyl groups is 1. The number of rotatable bonds is 2.